The molecule has 0 radical (unpaired) electrons. The van der Waals surface area contributed by atoms with Gasteiger partial charge in [-0.3, -0.25) is 9.59 Å². The van der Waals surface area contributed by atoms with Crippen LogP contribution in [0.3, 0.4) is 0 Å². The fraction of sp³-hybridized carbons (Fsp3) is 0.333. The van der Waals surface area contributed by atoms with Crippen LogP contribution in [-0.4, -0.2) is 67.0 Å². The lowest BCUT2D eigenvalue weighted by molar-refractivity contribution is -0.129. The summed E-state index contributed by atoms with van der Waals surface area (Å²) in [6, 6.07) is 11.1. The first-order chi connectivity index (χ1) is 17.3. The van der Waals surface area contributed by atoms with Crippen molar-refractivity contribution >= 4 is 34.3 Å². The lowest BCUT2D eigenvalue weighted by atomic mass is 9.95. The summed E-state index contributed by atoms with van der Waals surface area (Å²) in [4.78, 5) is 30.7. The fourth-order valence-corrected chi connectivity index (χ4v) is 4.76. The molecule has 36 heavy (non-hydrogen) atoms. The first-order valence-corrected chi connectivity index (χ1v) is 12.1. The molecule has 8 nitrogen and oxygen atoms in total. The molecule has 0 saturated heterocycles. The van der Waals surface area contributed by atoms with Gasteiger partial charge in [0.25, 0.3) is 5.91 Å². The number of Topliss-reactive ketones (excluding diaryl/α,β-unsaturated/α-hetero) is 1. The van der Waals surface area contributed by atoms with Gasteiger partial charge in [0, 0.05) is 29.6 Å². The minimum atomic E-state index is -0.811. The molecule has 0 aliphatic carbocycles. The Morgan fingerprint density at radius 2 is 1.89 bits per heavy atom. The normalized spacial score (nSPS) is 15.9. The number of nitrogens with zero attached hydrogens (tertiary/aromatic N) is 2. The van der Waals surface area contributed by atoms with Crippen LogP contribution in [0, 0.1) is 0 Å². The standard InChI is InChI=1S/C27H29ClN2O6/c1-5-29(6-2)10-11-30-23(16-8-7-9-19(13-16)34-3)22(25(32)27(30)33)24(31)20-14-17-12-18(28)15-21(35-4)26(17)36-20/h7-9,12-15,23,32H,5-6,10-11H2,1-4H3. The molecule has 9 heteroatoms. The number of aliphatic hydroxyl groups is 1. The zero-order chi connectivity index (χ0) is 26.0. The average molecular weight is 513 g/mol. The van der Waals surface area contributed by atoms with E-state index in [9.17, 15) is 14.7 Å². The number of ether oxygens (including phenoxy) is 2. The third kappa shape index (κ3) is 4.66. The van der Waals surface area contributed by atoms with Crippen LogP contribution in [0.2, 0.25) is 5.02 Å². The number of fused-ring (bicyclic) bond motifs is 1. The highest BCUT2D eigenvalue weighted by Gasteiger charge is 2.44. The van der Waals surface area contributed by atoms with Crippen molar-refractivity contribution in [3.05, 3.63) is 70.1 Å². The Morgan fingerprint density at radius 3 is 2.56 bits per heavy atom. The molecule has 1 N–H and O–H groups in total. The number of amides is 1. The van der Waals surface area contributed by atoms with Gasteiger partial charge in [-0.05, 0) is 42.9 Å². The number of aliphatic hydroxyl groups excluding tert-OH is 1. The zero-order valence-corrected chi connectivity index (χ0v) is 21.5. The minimum Gasteiger partial charge on any atom is -0.503 e. The third-order valence-corrected chi connectivity index (χ3v) is 6.72. The van der Waals surface area contributed by atoms with Crippen molar-refractivity contribution in [1.29, 1.82) is 0 Å². The van der Waals surface area contributed by atoms with Gasteiger partial charge in [0.1, 0.15) is 5.75 Å². The summed E-state index contributed by atoms with van der Waals surface area (Å²) in [5, 5.41) is 12.0. The van der Waals surface area contributed by atoms with Crippen molar-refractivity contribution < 1.29 is 28.6 Å². The number of furan rings is 1. The maximum atomic E-state index is 13.8. The van der Waals surface area contributed by atoms with Crippen molar-refractivity contribution in [2.45, 2.75) is 19.9 Å². The van der Waals surface area contributed by atoms with Gasteiger partial charge in [0.2, 0.25) is 5.78 Å². The van der Waals surface area contributed by atoms with E-state index >= 15 is 0 Å². The lowest BCUT2D eigenvalue weighted by Gasteiger charge is -2.29. The van der Waals surface area contributed by atoms with E-state index in [0.717, 1.165) is 13.1 Å². The van der Waals surface area contributed by atoms with Gasteiger partial charge >= 0.3 is 0 Å². The summed E-state index contributed by atoms with van der Waals surface area (Å²) in [6.07, 6.45) is 0. The molecule has 190 valence electrons. The summed E-state index contributed by atoms with van der Waals surface area (Å²) in [5.41, 5.74) is 0.953. The Balaban J connectivity index is 1.79. The van der Waals surface area contributed by atoms with E-state index in [0.29, 0.717) is 46.1 Å². The van der Waals surface area contributed by atoms with Gasteiger partial charge in [-0.15, -0.1) is 0 Å². The number of hydrogen-bond donors (Lipinski definition) is 1. The molecular formula is C27H29ClN2O6. The van der Waals surface area contributed by atoms with E-state index in [1.165, 1.54) is 18.1 Å². The second-order valence-corrected chi connectivity index (χ2v) is 8.87. The first kappa shape index (κ1) is 25.6. The highest BCUT2D eigenvalue weighted by Crippen LogP contribution is 2.41. The Bertz CT molecular complexity index is 1330. The van der Waals surface area contributed by atoms with Crippen LogP contribution in [-0.2, 0) is 4.79 Å². The number of ketones is 1. The number of carbonyl (C=O) groups excluding carboxylic acids is 2. The second-order valence-electron chi connectivity index (χ2n) is 8.43. The first-order valence-electron chi connectivity index (χ1n) is 11.7. The molecule has 3 aromatic rings. The lowest BCUT2D eigenvalue weighted by Crippen LogP contribution is -2.38. The second kappa shape index (κ2) is 10.6. The molecule has 1 atom stereocenters. The highest BCUT2D eigenvalue weighted by atomic mass is 35.5. The summed E-state index contributed by atoms with van der Waals surface area (Å²) >= 11 is 6.17. The van der Waals surface area contributed by atoms with Gasteiger partial charge in [-0.2, -0.15) is 0 Å². The van der Waals surface area contributed by atoms with E-state index in [1.807, 2.05) is 13.8 Å². The van der Waals surface area contributed by atoms with Crippen LogP contribution in [0.5, 0.6) is 11.5 Å². The molecule has 4 rings (SSSR count). The number of benzene rings is 2. The SMILES string of the molecule is CCN(CC)CCN1C(=O)C(O)=C(C(=O)c2cc3cc(Cl)cc(OC)c3o2)C1c1cccc(OC)c1. The average Bonchev–Trinajstić information content (AvgIpc) is 3.42. The van der Waals surface area contributed by atoms with Crippen molar-refractivity contribution in [2.24, 2.45) is 0 Å². The molecule has 1 unspecified atom stereocenters. The number of hydrogen-bond acceptors (Lipinski definition) is 7. The summed E-state index contributed by atoms with van der Waals surface area (Å²) < 4.78 is 16.6. The van der Waals surface area contributed by atoms with Gasteiger partial charge in [-0.25, -0.2) is 0 Å². The van der Waals surface area contributed by atoms with E-state index in [-0.39, 0.29) is 11.3 Å². The third-order valence-electron chi connectivity index (χ3n) is 6.50. The van der Waals surface area contributed by atoms with Crippen LogP contribution < -0.4 is 9.47 Å². The highest BCUT2D eigenvalue weighted by molar-refractivity contribution is 6.31. The fourth-order valence-electron chi connectivity index (χ4n) is 4.55. The molecule has 2 aromatic carbocycles. The van der Waals surface area contributed by atoms with Gasteiger partial charge < -0.3 is 28.8 Å². The van der Waals surface area contributed by atoms with Crippen LogP contribution >= 0.6 is 11.6 Å². The number of rotatable bonds is 10. The Morgan fingerprint density at radius 1 is 1.14 bits per heavy atom. The molecule has 0 saturated carbocycles. The molecule has 2 heterocycles. The molecule has 0 spiro atoms. The van der Waals surface area contributed by atoms with Crippen LogP contribution in [0.1, 0.15) is 36.0 Å². The largest absolute Gasteiger partial charge is 0.503 e. The minimum absolute atomic E-state index is 0.0293. The summed E-state index contributed by atoms with van der Waals surface area (Å²) in [6.45, 7) is 6.64. The van der Waals surface area contributed by atoms with Crippen LogP contribution in [0.25, 0.3) is 11.0 Å². The molecule has 1 amide bonds. The quantitative estimate of drug-likeness (QED) is 0.381. The molecule has 0 bridgehead atoms. The number of methoxy groups -OCH3 is 2. The molecular weight excluding hydrogens is 484 g/mol. The number of likely N-dealkylation sites (N-methyl/N-ethyl adjacent to an activating group) is 1. The van der Waals surface area contributed by atoms with E-state index < -0.39 is 23.5 Å². The maximum absolute atomic E-state index is 13.8. The predicted molar refractivity (Wildman–Crippen MR) is 137 cm³/mol. The predicted octanol–water partition coefficient (Wildman–Crippen LogP) is 5.02. The Labute approximate surface area is 214 Å². The van der Waals surface area contributed by atoms with E-state index in [4.69, 9.17) is 25.5 Å². The van der Waals surface area contributed by atoms with E-state index in [2.05, 4.69) is 4.90 Å². The number of halogens is 1. The van der Waals surface area contributed by atoms with Crippen molar-refractivity contribution in [2.75, 3.05) is 40.4 Å². The van der Waals surface area contributed by atoms with Crippen LogP contribution in [0.4, 0.5) is 0 Å². The summed E-state index contributed by atoms with van der Waals surface area (Å²) in [7, 11) is 3.02. The molecule has 1 aromatic heterocycles. The van der Waals surface area contributed by atoms with Crippen molar-refractivity contribution in [3.63, 3.8) is 0 Å². The number of carbonyl (C=O) groups is 2. The van der Waals surface area contributed by atoms with Crippen LogP contribution in [0.15, 0.2) is 58.2 Å². The zero-order valence-electron chi connectivity index (χ0n) is 20.7. The van der Waals surface area contributed by atoms with Gasteiger partial charge in [0.15, 0.2) is 22.9 Å². The smallest absolute Gasteiger partial charge is 0.290 e. The summed E-state index contributed by atoms with van der Waals surface area (Å²) in [5.74, 6) is -0.855. The van der Waals surface area contributed by atoms with Crippen molar-refractivity contribution in [1.82, 2.24) is 9.80 Å². The topological polar surface area (TPSA) is 92.5 Å². The molecule has 1 aliphatic rings. The maximum Gasteiger partial charge on any atom is 0.290 e. The Hall–Kier alpha value is -3.49. The van der Waals surface area contributed by atoms with E-state index in [1.54, 1.807) is 43.5 Å². The molecule has 1 aliphatic heterocycles. The van der Waals surface area contributed by atoms with Gasteiger partial charge in [0.05, 0.1) is 25.8 Å². The monoisotopic (exact) mass is 512 g/mol. The molecule has 0 fully saturated rings. The Kier molecular flexibility index (Phi) is 7.56. The van der Waals surface area contributed by atoms with Crippen molar-refractivity contribution in [3.8, 4) is 11.5 Å². The van der Waals surface area contributed by atoms with Gasteiger partial charge in [-0.1, -0.05) is 37.6 Å².